The highest BCUT2D eigenvalue weighted by atomic mass is 16.5. The van der Waals surface area contributed by atoms with Gasteiger partial charge in [0.05, 0.1) is 7.11 Å². The Morgan fingerprint density at radius 1 is 1.08 bits per heavy atom. The lowest BCUT2D eigenvalue weighted by Gasteiger charge is -2.17. The number of hydrogen-bond acceptors (Lipinski definition) is 5. The van der Waals surface area contributed by atoms with E-state index >= 15 is 0 Å². The van der Waals surface area contributed by atoms with Crippen LogP contribution >= 0.6 is 0 Å². The van der Waals surface area contributed by atoms with Gasteiger partial charge in [0.25, 0.3) is 0 Å². The number of aromatic nitrogens is 2. The molecule has 1 aliphatic heterocycles. The summed E-state index contributed by atoms with van der Waals surface area (Å²) in [7, 11) is 1.71. The zero-order chi connectivity index (χ0) is 17.8. The van der Waals surface area contributed by atoms with E-state index in [1.54, 1.807) is 7.11 Å². The Kier molecular flexibility index (Phi) is 4.69. The number of nitrogens with zero attached hydrogens (tertiary/aromatic N) is 3. The maximum Gasteiger partial charge on any atom is 0.231 e. The molecule has 0 amide bonds. The van der Waals surface area contributed by atoms with E-state index in [1.807, 2.05) is 30.5 Å². The number of fused-ring (bicyclic) bond motifs is 1. The highest BCUT2D eigenvalue weighted by Crippen LogP contribution is 2.32. The molecule has 3 aromatic rings. The second kappa shape index (κ2) is 7.44. The van der Waals surface area contributed by atoms with E-state index in [0.717, 1.165) is 43.4 Å². The molecule has 0 unspecified atom stereocenters. The molecule has 5 nitrogen and oxygen atoms in total. The smallest absolute Gasteiger partial charge is 0.231 e. The van der Waals surface area contributed by atoms with E-state index in [1.165, 1.54) is 16.8 Å². The zero-order valence-corrected chi connectivity index (χ0v) is 14.9. The Hall–Kier alpha value is -3.08. The molecule has 0 bridgehead atoms. The van der Waals surface area contributed by atoms with Crippen molar-refractivity contribution in [3.05, 3.63) is 71.9 Å². The maximum atomic E-state index is 5.41. The minimum Gasteiger partial charge on any atom is -0.496 e. The highest BCUT2D eigenvalue weighted by molar-refractivity contribution is 5.66. The van der Waals surface area contributed by atoms with Crippen molar-refractivity contribution in [2.24, 2.45) is 0 Å². The Labute approximate surface area is 153 Å². The average molecular weight is 346 g/mol. The molecule has 26 heavy (non-hydrogen) atoms. The molecular formula is C21H22N4O. The lowest BCUT2D eigenvalue weighted by atomic mass is 10.1. The van der Waals surface area contributed by atoms with Gasteiger partial charge in [-0.05, 0) is 42.2 Å². The van der Waals surface area contributed by atoms with Crippen molar-refractivity contribution >= 4 is 17.5 Å². The van der Waals surface area contributed by atoms with Crippen molar-refractivity contribution in [2.45, 2.75) is 12.8 Å². The summed E-state index contributed by atoms with van der Waals surface area (Å²) in [6.45, 7) is 1.71. The number of hydrogen-bond donors (Lipinski definition) is 1. The minimum atomic E-state index is 0.747. The number of anilines is 3. The van der Waals surface area contributed by atoms with E-state index in [-0.39, 0.29) is 0 Å². The van der Waals surface area contributed by atoms with Gasteiger partial charge in [-0.3, -0.25) is 0 Å². The van der Waals surface area contributed by atoms with Gasteiger partial charge < -0.3 is 15.0 Å². The third-order valence-corrected chi connectivity index (χ3v) is 4.66. The van der Waals surface area contributed by atoms with Crippen LogP contribution in [0.15, 0.2) is 60.8 Å². The number of nitrogens with one attached hydrogen (secondary N) is 1. The summed E-state index contributed by atoms with van der Waals surface area (Å²) in [6, 6.07) is 18.5. The molecule has 1 aromatic heterocycles. The molecule has 5 heteroatoms. The zero-order valence-electron chi connectivity index (χ0n) is 14.9. The van der Waals surface area contributed by atoms with Crippen LogP contribution in [0.5, 0.6) is 5.75 Å². The predicted molar refractivity (Wildman–Crippen MR) is 104 cm³/mol. The highest BCUT2D eigenvalue weighted by Gasteiger charge is 2.21. The summed E-state index contributed by atoms with van der Waals surface area (Å²) in [6.07, 6.45) is 3.72. The molecule has 1 aliphatic rings. The fourth-order valence-corrected chi connectivity index (χ4v) is 3.36. The number of ether oxygens (including phenoxy) is 1. The summed E-state index contributed by atoms with van der Waals surface area (Å²) >= 11 is 0. The molecule has 0 saturated carbocycles. The van der Waals surface area contributed by atoms with Crippen LogP contribution in [0.1, 0.15) is 11.1 Å². The van der Waals surface area contributed by atoms with E-state index in [2.05, 4.69) is 45.5 Å². The molecule has 2 aromatic carbocycles. The lowest BCUT2D eigenvalue weighted by Crippen LogP contribution is -2.17. The molecular weight excluding hydrogens is 324 g/mol. The van der Waals surface area contributed by atoms with Crippen LogP contribution in [0.4, 0.5) is 17.5 Å². The van der Waals surface area contributed by atoms with Gasteiger partial charge in [0.2, 0.25) is 5.95 Å². The van der Waals surface area contributed by atoms with Crippen molar-refractivity contribution in [3.8, 4) is 5.75 Å². The standard InChI is InChI=1S/C21H22N4O/c1-26-19-9-5-3-7-17(19)10-13-22-20-11-14-23-21(24-20)25-15-12-16-6-2-4-8-18(16)25/h2-9,11,14H,10,12-13,15H2,1H3,(H,22,23,24). The average Bonchev–Trinajstić information content (AvgIpc) is 3.13. The van der Waals surface area contributed by atoms with Gasteiger partial charge in [-0.25, -0.2) is 4.98 Å². The fourth-order valence-electron chi connectivity index (χ4n) is 3.36. The quantitative estimate of drug-likeness (QED) is 0.735. The Bertz CT molecular complexity index is 896. The molecule has 4 rings (SSSR count). The summed E-state index contributed by atoms with van der Waals surface area (Å²) < 4.78 is 5.41. The molecule has 0 radical (unpaired) electrons. The molecule has 0 aliphatic carbocycles. The number of para-hydroxylation sites is 2. The van der Waals surface area contributed by atoms with Crippen molar-refractivity contribution < 1.29 is 4.74 Å². The first-order chi connectivity index (χ1) is 12.8. The number of benzene rings is 2. The van der Waals surface area contributed by atoms with Gasteiger partial charge in [0, 0.05) is 25.0 Å². The SMILES string of the molecule is COc1ccccc1CCNc1ccnc(N2CCc3ccccc32)n1. The lowest BCUT2D eigenvalue weighted by molar-refractivity contribution is 0.410. The van der Waals surface area contributed by atoms with Crippen molar-refractivity contribution in [2.75, 3.05) is 30.4 Å². The van der Waals surface area contributed by atoms with Crippen LogP contribution in [0, 0.1) is 0 Å². The Balaban J connectivity index is 1.44. The van der Waals surface area contributed by atoms with Crippen molar-refractivity contribution in [1.82, 2.24) is 9.97 Å². The number of methoxy groups -OCH3 is 1. The Morgan fingerprint density at radius 2 is 1.92 bits per heavy atom. The van der Waals surface area contributed by atoms with Crippen LogP contribution in [-0.2, 0) is 12.8 Å². The molecule has 2 heterocycles. The van der Waals surface area contributed by atoms with Gasteiger partial charge in [-0.15, -0.1) is 0 Å². The summed E-state index contributed by atoms with van der Waals surface area (Å²) in [5.74, 6) is 2.51. The van der Waals surface area contributed by atoms with E-state index in [9.17, 15) is 0 Å². The molecule has 0 saturated heterocycles. The largest absolute Gasteiger partial charge is 0.496 e. The van der Waals surface area contributed by atoms with E-state index in [0.29, 0.717) is 0 Å². The summed E-state index contributed by atoms with van der Waals surface area (Å²) in [5, 5.41) is 3.40. The molecule has 0 atom stereocenters. The van der Waals surface area contributed by atoms with Gasteiger partial charge >= 0.3 is 0 Å². The third kappa shape index (κ3) is 3.33. The Morgan fingerprint density at radius 3 is 2.85 bits per heavy atom. The first kappa shape index (κ1) is 16.4. The first-order valence-corrected chi connectivity index (χ1v) is 8.89. The molecule has 1 N–H and O–H groups in total. The van der Waals surface area contributed by atoms with Crippen LogP contribution in [0.25, 0.3) is 0 Å². The fraction of sp³-hybridized carbons (Fsp3) is 0.238. The van der Waals surface area contributed by atoms with Gasteiger partial charge in [0.15, 0.2) is 0 Å². The maximum absolute atomic E-state index is 5.41. The van der Waals surface area contributed by atoms with Crippen LogP contribution in [0.2, 0.25) is 0 Å². The topological polar surface area (TPSA) is 50.3 Å². The van der Waals surface area contributed by atoms with Gasteiger partial charge in [-0.1, -0.05) is 36.4 Å². The van der Waals surface area contributed by atoms with Crippen molar-refractivity contribution in [1.29, 1.82) is 0 Å². The third-order valence-electron chi connectivity index (χ3n) is 4.66. The van der Waals surface area contributed by atoms with E-state index in [4.69, 9.17) is 9.72 Å². The summed E-state index contributed by atoms with van der Waals surface area (Å²) in [4.78, 5) is 11.3. The van der Waals surface area contributed by atoms with Gasteiger partial charge in [-0.2, -0.15) is 4.98 Å². The van der Waals surface area contributed by atoms with Crippen LogP contribution in [-0.4, -0.2) is 30.2 Å². The van der Waals surface area contributed by atoms with Crippen LogP contribution < -0.4 is 15.0 Å². The molecule has 0 fully saturated rings. The van der Waals surface area contributed by atoms with Gasteiger partial charge in [0.1, 0.15) is 11.6 Å². The first-order valence-electron chi connectivity index (χ1n) is 8.89. The molecule has 132 valence electrons. The van der Waals surface area contributed by atoms with Crippen molar-refractivity contribution in [3.63, 3.8) is 0 Å². The monoisotopic (exact) mass is 346 g/mol. The normalized spacial score (nSPS) is 12.7. The second-order valence-electron chi connectivity index (χ2n) is 6.26. The summed E-state index contributed by atoms with van der Waals surface area (Å²) in [5.41, 5.74) is 3.74. The van der Waals surface area contributed by atoms with E-state index < -0.39 is 0 Å². The second-order valence-corrected chi connectivity index (χ2v) is 6.26. The number of rotatable bonds is 6. The predicted octanol–water partition coefficient (Wildman–Crippen LogP) is 3.83. The minimum absolute atomic E-state index is 0.747. The van der Waals surface area contributed by atoms with Crippen LogP contribution in [0.3, 0.4) is 0 Å². The molecule has 0 spiro atoms.